The Labute approximate surface area is 194 Å². The van der Waals surface area contributed by atoms with E-state index in [4.69, 9.17) is 9.47 Å². The molecule has 1 unspecified atom stereocenters. The third kappa shape index (κ3) is 5.17. The summed E-state index contributed by atoms with van der Waals surface area (Å²) in [5.41, 5.74) is 4.43. The lowest BCUT2D eigenvalue weighted by Crippen LogP contribution is -2.45. The van der Waals surface area contributed by atoms with Crippen molar-refractivity contribution in [3.05, 3.63) is 83.4 Å². The molecule has 2 amide bonds. The van der Waals surface area contributed by atoms with E-state index in [2.05, 4.69) is 5.32 Å². The lowest BCUT2D eigenvalue weighted by molar-refractivity contribution is -0.125. The summed E-state index contributed by atoms with van der Waals surface area (Å²) >= 11 is 0. The molecule has 0 saturated heterocycles. The van der Waals surface area contributed by atoms with Crippen LogP contribution >= 0.6 is 0 Å². The number of fused-ring (bicyclic) bond motifs is 1. The van der Waals surface area contributed by atoms with Gasteiger partial charge in [0, 0.05) is 18.3 Å². The first-order valence-electron chi connectivity index (χ1n) is 11.1. The molecule has 6 nitrogen and oxygen atoms in total. The molecule has 0 bridgehead atoms. The van der Waals surface area contributed by atoms with Gasteiger partial charge in [0.15, 0.2) is 12.7 Å². The summed E-state index contributed by atoms with van der Waals surface area (Å²) in [7, 11) is 0. The smallest absolute Gasteiger partial charge is 0.267 e. The Kier molecular flexibility index (Phi) is 6.63. The van der Waals surface area contributed by atoms with Crippen LogP contribution in [-0.4, -0.2) is 31.1 Å². The molecule has 0 fully saturated rings. The second kappa shape index (κ2) is 9.77. The molecular formula is C27H28N2O4. The zero-order valence-electron chi connectivity index (χ0n) is 19.1. The molecule has 1 N–H and O–H groups in total. The number of para-hydroxylation sites is 1. The molecule has 0 spiro atoms. The highest BCUT2D eigenvalue weighted by atomic mass is 16.5. The second-order valence-corrected chi connectivity index (χ2v) is 8.23. The molecule has 3 aromatic carbocycles. The van der Waals surface area contributed by atoms with Crippen LogP contribution in [-0.2, 0) is 16.0 Å². The minimum atomic E-state index is -0.591. The van der Waals surface area contributed by atoms with Gasteiger partial charge in [-0.3, -0.25) is 9.59 Å². The first kappa shape index (κ1) is 22.4. The van der Waals surface area contributed by atoms with Crippen LogP contribution in [0.5, 0.6) is 11.5 Å². The van der Waals surface area contributed by atoms with Crippen molar-refractivity contribution in [1.82, 2.24) is 0 Å². The van der Waals surface area contributed by atoms with Crippen LogP contribution in [0.1, 0.15) is 23.6 Å². The fourth-order valence-electron chi connectivity index (χ4n) is 3.97. The molecule has 3 aromatic rings. The number of anilines is 2. The summed E-state index contributed by atoms with van der Waals surface area (Å²) < 4.78 is 11.6. The van der Waals surface area contributed by atoms with Crippen LogP contribution in [0.3, 0.4) is 0 Å². The van der Waals surface area contributed by atoms with Gasteiger partial charge in [-0.25, -0.2) is 0 Å². The van der Waals surface area contributed by atoms with Crippen LogP contribution < -0.4 is 19.7 Å². The topological polar surface area (TPSA) is 67.9 Å². The number of amides is 2. The number of benzene rings is 3. The van der Waals surface area contributed by atoms with Gasteiger partial charge >= 0.3 is 0 Å². The average molecular weight is 445 g/mol. The van der Waals surface area contributed by atoms with Crippen molar-refractivity contribution in [2.75, 3.05) is 23.4 Å². The van der Waals surface area contributed by atoms with Gasteiger partial charge in [-0.1, -0.05) is 48.5 Å². The highest BCUT2D eigenvalue weighted by Gasteiger charge is 2.31. The maximum atomic E-state index is 12.8. The maximum absolute atomic E-state index is 12.8. The van der Waals surface area contributed by atoms with Crippen molar-refractivity contribution in [2.24, 2.45) is 0 Å². The lowest BCUT2D eigenvalue weighted by Gasteiger charge is -2.33. The Morgan fingerprint density at radius 3 is 2.48 bits per heavy atom. The van der Waals surface area contributed by atoms with Gasteiger partial charge in [-0.15, -0.1) is 0 Å². The summed E-state index contributed by atoms with van der Waals surface area (Å²) in [6, 6.07) is 21.3. The molecule has 1 aliphatic rings. The van der Waals surface area contributed by atoms with Crippen molar-refractivity contribution >= 4 is 23.2 Å². The highest BCUT2D eigenvalue weighted by molar-refractivity contribution is 6.00. The fraction of sp³-hybridized carbons (Fsp3) is 0.259. The normalized spacial score (nSPS) is 14.9. The summed E-state index contributed by atoms with van der Waals surface area (Å²) in [5, 5.41) is 2.85. The Morgan fingerprint density at radius 2 is 1.76 bits per heavy atom. The molecule has 0 aromatic heterocycles. The lowest BCUT2D eigenvalue weighted by atomic mass is 10.1. The molecule has 0 radical (unpaired) electrons. The number of nitrogens with one attached hydrogen (secondary N) is 1. The van der Waals surface area contributed by atoms with Crippen LogP contribution in [0.2, 0.25) is 0 Å². The minimum Gasteiger partial charge on any atom is -0.483 e. The number of rotatable bonds is 7. The molecule has 1 aliphatic heterocycles. The van der Waals surface area contributed by atoms with Crippen molar-refractivity contribution < 1.29 is 19.1 Å². The maximum Gasteiger partial charge on any atom is 0.267 e. The average Bonchev–Trinajstić information content (AvgIpc) is 2.80. The Hall–Kier alpha value is -3.80. The molecule has 33 heavy (non-hydrogen) atoms. The van der Waals surface area contributed by atoms with Gasteiger partial charge in [0.25, 0.3) is 11.8 Å². The first-order chi connectivity index (χ1) is 15.9. The molecule has 170 valence electrons. The van der Waals surface area contributed by atoms with E-state index in [9.17, 15) is 9.59 Å². The predicted octanol–water partition coefficient (Wildman–Crippen LogP) is 4.68. The molecule has 0 aliphatic carbocycles. The first-order valence-corrected chi connectivity index (χ1v) is 11.1. The van der Waals surface area contributed by atoms with Crippen LogP contribution in [0.4, 0.5) is 11.4 Å². The molecule has 6 heteroatoms. The minimum absolute atomic E-state index is 0.0720. The zero-order valence-corrected chi connectivity index (χ0v) is 19.1. The van der Waals surface area contributed by atoms with Crippen molar-refractivity contribution in [1.29, 1.82) is 0 Å². The van der Waals surface area contributed by atoms with E-state index >= 15 is 0 Å². The van der Waals surface area contributed by atoms with Crippen LogP contribution in [0, 0.1) is 13.8 Å². The molecular weight excluding hydrogens is 416 g/mol. The number of hydrogen-bond donors (Lipinski definition) is 1. The molecule has 1 heterocycles. The van der Waals surface area contributed by atoms with E-state index < -0.39 is 6.10 Å². The summed E-state index contributed by atoms with van der Waals surface area (Å²) in [4.78, 5) is 27.0. The summed E-state index contributed by atoms with van der Waals surface area (Å²) in [6.07, 6.45) is 0.152. The largest absolute Gasteiger partial charge is 0.483 e. The van der Waals surface area contributed by atoms with Gasteiger partial charge in [-0.05, 0) is 56.0 Å². The van der Waals surface area contributed by atoms with Crippen LogP contribution in [0.25, 0.3) is 0 Å². The number of aryl methyl sites for hydroxylation is 2. The quantitative estimate of drug-likeness (QED) is 0.575. The van der Waals surface area contributed by atoms with Gasteiger partial charge in [0.2, 0.25) is 0 Å². The predicted molar refractivity (Wildman–Crippen MR) is 129 cm³/mol. The van der Waals surface area contributed by atoms with E-state index in [1.54, 1.807) is 24.0 Å². The molecule has 0 saturated carbocycles. The molecule has 4 rings (SSSR count). The van der Waals surface area contributed by atoms with Gasteiger partial charge in [0.05, 0.1) is 5.69 Å². The van der Waals surface area contributed by atoms with Crippen molar-refractivity contribution in [3.63, 3.8) is 0 Å². The summed E-state index contributed by atoms with van der Waals surface area (Å²) in [5.74, 6) is 0.960. The standard InChI is InChI=1S/C27H28N2O4/c1-18-8-7-9-19(2)26(18)32-17-25(30)28-22-12-13-23-24(16-22)33-20(3)27(31)29(23)15-14-21-10-5-4-6-11-21/h4-13,16,20H,14-15,17H2,1-3H3,(H,28,30). The third-order valence-electron chi connectivity index (χ3n) is 5.68. The third-order valence-corrected chi connectivity index (χ3v) is 5.68. The van der Waals surface area contributed by atoms with Crippen LogP contribution in [0.15, 0.2) is 66.7 Å². The number of carbonyl (C=O) groups is 2. The van der Waals surface area contributed by atoms with Crippen molar-refractivity contribution in [3.8, 4) is 11.5 Å². The van der Waals surface area contributed by atoms with Gasteiger partial charge in [-0.2, -0.15) is 0 Å². The highest BCUT2D eigenvalue weighted by Crippen LogP contribution is 2.36. The van der Waals surface area contributed by atoms with Gasteiger partial charge in [0.1, 0.15) is 11.5 Å². The SMILES string of the molecule is Cc1cccc(C)c1OCC(=O)Nc1ccc2c(c1)OC(C)C(=O)N2CCc1ccccc1. The zero-order chi connectivity index (χ0) is 23.4. The van der Waals surface area contributed by atoms with Gasteiger partial charge < -0.3 is 19.7 Å². The van der Waals surface area contributed by atoms with E-state index in [1.165, 1.54) is 5.56 Å². The molecule has 1 atom stereocenters. The number of nitrogens with zero attached hydrogens (tertiary/aromatic N) is 1. The monoisotopic (exact) mass is 444 g/mol. The van der Waals surface area contributed by atoms with Crippen molar-refractivity contribution in [2.45, 2.75) is 33.3 Å². The Morgan fingerprint density at radius 1 is 1.03 bits per heavy atom. The van der Waals surface area contributed by atoms with E-state index in [-0.39, 0.29) is 18.4 Å². The number of hydrogen-bond acceptors (Lipinski definition) is 4. The second-order valence-electron chi connectivity index (χ2n) is 8.23. The Bertz CT molecular complexity index is 1140. The van der Waals surface area contributed by atoms with E-state index in [1.807, 2.05) is 68.4 Å². The summed E-state index contributed by atoms with van der Waals surface area (Å²) in [6.45, 7) is 6.10. The van der Waals surface area contributed by atoms with E-state index in [0.29, 0.717) is 23.7 Å². The fourth-order valence-corrected chi connectivity index (χ4v) is 3.97. The Balaban J connectivity index is 1.44. The number of carbonyl (C=O) groups excluding carboxylic acids is 2. The van der Waals surface area contributed by atoms with E-state index in [0.717, 1.165) is 23.3 Å². The number of ether oxygens (including phenoxy) is 2.